The molecule has 3 N–H and O–H groups in total. The monoisotopic (exact) mass is 292 g/mol. The third kappa shape index (κ3) is 5.60. The predicted molar refractivity (Wildman–Crippen MR) is 79.3 cm³/mol. The molecule has 1 aromatic rings. The number of allylic oxidation sites excluding steroid dienone is 3. The SMILES string of the molecule is CCCCC/C=C/C=C/OC(=O)c1cc(O)c(O)c(O)c1. The molecule has 0 fully saturated rings. The number of ether oxygens (including phenoxy) is 1. The lowest BCUT2D eigenvalue weighted by molar-refractivity contribution is 0.0662. The molecule has 21 heavy (non-hydrogen) atoms. The summed E-state index contributed by atoms with van der Waals surface area (Å²) in [7, 11) is 0. The molecule has 0 aliphatic heterocycles. The molecule has 5 heteroatoms. The van der Waals surface area contributed by atoms with E-state index in [4.69, 9.17) is 4.74 Å². The molecule has 1 aromatic carbocycles. The van der Waals surface area contributed by atoms with Gasteiger partial charge in [-0.2, -0.15) is 0 Å². The van der Waals surface area contributed by atoms with Gasteiger partial charge in [0.2, 0.25) is 0 Å². The van der Waals surface area contributed by atoms with Crippen LogP contribution in [0, 0.1) is 0 Å². The fraction of sp³-hybridized carbons (Fsp3) is 0.312. The number of rotatable bonds is 7. The summed E-state index contributed by atoms with van der Waals surface area (Å²) < 4.78 is 4.83. The lowest BCUT2D eigenvalue weighted by Gasteiger charge is -2.04. The van der Waals surface area contributed by atoms with Crippen molar-refractivity contribution in [3.8, 4) is 17.2 Å². The first-order valence-corrected chi connectivity index (χ1v) is 6.83. The van der Waals surface area contributed by atoms with Gasteiger partial charge in [0.15, 0.2) is 17.2 Å². The van der Waals surface area contributed by atoms with Crippen molar-refractivity contribution >= 4 is 5.97 Å². The third-order valence-corrected chi connectivity index (χ3v) is 2.78. The van der Waals surface area contributed by atoms with Gasteiger partial charge in [0.25, 0.3) is 0 Å². The minimum Gasteiger partial charge on any atom is -0.504 e. The number of hydrogen-bond acceptors (Lipinski definition) is 5. The molecule has 1 rings (SSSR count). The third-order valence-electron chi connectivity index (χ3n) is 2.78. The fourth-order valence-electron chi connectivity index (χ4n) is 1.62. The lowest BCUT2D eigenvalue weighted by Crippen LogP contribution is -2.00. The topological polar surface area (TPSA) is 87.0 Å². The van der Waals surface area contributed by atoms with Crippen LogP contribution >= 0.6 is 0 Å². The van der Waals surface area contributed by atoms with Crippen molar-refractivity contribution in [3.05, 3.63) is 42.2 Å². The highest BCUT2D eigenvalue weighted by molar-refractivity contribution is 5.91. The summed E-state index contributed by atoms with van der Waals surface area (Å²) in [6, 6.07) is 2.04. The fourth-order valence-corrected chi connectivity index (χ4v) is 1.62. The second-order valence-corrected chi connectivity index (χ2v) is 4.52. The van der Waals surface area contributed by atoms with Crippen LogP contribution in [0.1, 0.15) is 43.0 Å². The molecule has 0 aliphatic carbocycles. The number of benzene rings is 1. The van der Waals surface area contributed by atoms with Gasteiger partial charge in [0.05, 0.1) is 11.8 Å². The van der Waals surface area contributed by atoms with Crippen LogP contribution in [0.5, 0.6) is 17.2 Å². The minimum atomic E-state index is -0.740. The molecule has 5 nitrogen and oxygen atoms in total. The average molecular weight is 292 g/mol. The maximum absolute atomic E-state index is 11.6. The van der Waals surface area contributed by atoms with E-state index in [1.54, 1.807) is 12.2 Å². The minimum absolute atomic E-state index is 0.0561. The van der Waals surface area contributed by atoms with Gasteiger partial charge in [-0.05, 0) is 31.1 Å². The summed E-state index contributed by atoms with van der Waals surface area (Å²) in [5.74, 6) is -2.57. The molecule has 0 heterocycles. The van der Waals surface area contributed by atoms with Crippen molar-refractivity contribution in [2.24, 2.45) is 0 Å². The quantitative estimate of drug-likeness (QED) is 0.235. The zero-order valence-corrected chi connectivity index (χ0v) is 12.0. The Kier molecular flexibility index (Phi) is 6.87. The van der Waals surface area contributed by atoms with E-state index in [0.717, 1.165) is 25.0 Å². The zero-order chi connectivity index (χ0) is 15.7. The van der Waals surface area contributed by atoms with Gasteiger partial charge in [-0.15, -0.1) is 0 Å². The molecule has 0 saturated heterocycles. The second kappa shape index (κ2) is 8.68. The number of esters is 1. The number of carbonyl (C=O) groups is 1. The van der Waals surface area contributed by atoms with Crippen molar-refractivity contribution in [2.75, 3.05) is 0 Å². The molecule has 0 bridgehead atoms. The van der Waals surface area contributed by atoms with E-state index in [2.05, 4.69) is 6.92 Å². The lowest BCUT2D eigenvalue weighted by atomic mass is 10.2. The molecule has 0 aliphatic rings. The van der Waals surface area contributed by atoms with Gasteiger partial charge in [0, 0.05) is 0 Å². The van der Waals surface area contributed by atoms with Crippen LogP contribution in [0.15, 0.2) is 36.6 Å². The van der Waals surface area contributed by atoms with Gasteiger partial charge in [0.1, 0.15) is 0 Å². The van der Waals surface area contributed by atoms with Crippen LogP contribution < -0.4 is 0 Å². The summed E-state index contributed by atoms with van der Waals surface area (Å²) in [5, 5.41) is 27.8. The summed E-state index contributed by atoms with van der Waals surface area (Å²) in [6.45, 7) is 2.14. The van der Waals surface area contributed by atoms with E-state index >= 15 is 0 Å². The summed E-state index contributed by atoms with van der Waals surface area (Å²) in [4.78, 5) is 11.6. The molecule has 114 valence electrons. The van der Waals surface area contributed by atoms with Crippen molar-refractivity contribution in [1.82, 2.24) is 0 Å². The van der Waals surface area contributed by atoms with Crippen LogP contribution in [-0.4, -0.2) is 21.3 Å². The number of phenolic OH excluding ortho intramolecular Hbond substituents is 3. The van der Waals surface area contributed by atoms with Crippen LogP contribution in [0.4, 0.5) is 0 Å². The van der Waals surface area contributed by atoms with Crippen LogP contribution in [-0.2, 0) is 4.74 Å². The average Bonchev–Trinajstić information content (AvgIpc) is 2.46. The van der Waals surface area contributed by atoms with Crippen molar-refractivity contribution in [2.45, 2.75) is 32.6 Å². The Balaban J connectivity index is 2.47. The first-order chi connectivity index (χ1) is 10.1. The Morgan fingerprint density at radius 1 is 1.14 bits per heavy atom. The van der Waals surface area contributed by atoms with E-state index in [1.165, 1.54) is 19.1 Å². The molecule has 0 radical (unpaired) electrons. The van der Waals surface area contributed by atoms with E-state index in [9.17, 15) is 20.1 Å². The van der Waals surface area contributed by atoms with Crippen molar-refractivity contribution in [3.63, 3.8) is 0 Å². The molecular formula is C16H20O5. The van der Waals surface area contributed by atoms with Gasteiger partial charge in [-0.1, -0.05) is 31.9 Å². The summed E-state index contributed by atoms with van der Waals surface area (Å²) in [5.41, 5.74) is -0.0561. The largest absolute Gasteiger partial charge is 0.504 e. The number of aromatic hydroxyl groups is 3. The number of hydrogen-bond donors (Lipinski definition) is 3. The Morgan fingerprint density at radius 2 is 1.81 bits per heavy atom. The summed E-state index contributed by atoms with van der Waals surface area (Å²) >= 11 is 0. The zero-order valence-electron chi connectivity index (χ0n) is 12.0. The van der Waals surface area contributed by atoms with E-state index in [1.807, 2.05) is 6.08 Å². The predicted octanol–water partition coefficient (Wildman–Crippen LogP) is 3.61. The first-order valence-electron chi connectivity index (χ1n) is 6.83. The molecule has 0 atom stereocenters. The van der Waals surface area contributed by atoms with Crippen molar-refractivity contribution in [1.29, 1.82) is 0 Å². The van der Waals surface area contributed by atoms with Gasteiger partial charge < -0.3 is 20.1 Å². The molecular weight excluding hydrogens is 272 g/mol. The van der Waals surface area contributed by atoms with Gasteiger partial charge in [-0.25, -0.2) is 4.79 Å². The summed E-state index contributed by atoms with van der Waals surface area (Å²) in [6.07, 6.45) is 11.1. The van der Waals surface area contributed by atoms with E-state index in [0.29, 0.717) is 0 Å². The molecule has 0 saturated carbocycles. The van der Waals surface area contributed by atoms with Crippen LogP contribution in [0.3, 0.4) is 0 Å². The Labute approximate surface area is 123 Å². The molecule has 0 aromatic heterocycles. The highest BCUT2D eigenvalue weighted by Crippen LogP contribution is 2.35. The maximum atomic E-state index is 11.6. The smallest absolute Gasteiger partial charge is 0.343 e. The molecule has 0 unspecified atom stereocenters. The van der Waals surface area contributed by atoms with Crippen LogP contribution in [0.2, 0.25) is 0 Å². The Bertz CT molecular complexity index is 508. The van der Waals surface area contributed by atoms with Crippen LogP contribution in [0.25, 0.3) is 0 Å². The normalized spacial score (nSPS) is 11.3. The van der Waals surface area contributed by atoms with Gasteiger partial charge in [-0.3, -0.25) is 0 Å². The van der Waals surface area contributed by atoms with Gasteiger partial charge >= 0.3 is 5.97 Å². The van der Waals surface area contributed by atoms with E-state index in [-0.39, 0.29) is 5.56 Å². The Hall–Kier alpha value is -2.43. The van der Waals surface area contributed by atoms with Crippen molar-refractivity contribution < 1.29 is 24.9 Å². The standard InChI is InChI=1S/C16H20O5/c1-2-3-4-5-6-7-8-9-21-16(20)12-10-13(17)15(19)14(18)11-12/h6-11,17-19H,2-5H2,1H3/b7-6+,9-8+. The second-order valence-electron chi connectivity index (χ2n) is 4.52. The number of phenols is 3. The highest BCUT2D eigenvalue weighted by Gasteiger charge is 2.13. The van der Waals surface area contributed by atoms with E-state index < -0.39 is 23.2 Å². The maximum Gasteiger partial charge on any atom is 0.343 e. The Morgan fingerprint density at radius 3 is 2.43 bits per heavy atom. The molecule has 0 amide bonds. The highest BCUT2D eigenvalue weighted by atomic mass is 16.5. The molecule has 0 spiro atoms. The first kappa shape index (κ1) is 16.6. The number of carbonyl (C=O) groups excluding carboxylic acids is 1. The number of unbranched alkanes of at least 4 members (excludes halogenated alkanes) is 3.